The van der Waals surface area contributed by atoms with E-state index in [1.54, 1.807) is 36.5 Å². The first-order valence-corrected chi connectivity index (χ1v) is 8.01. The van der Waals surface area contributed by atoms with Crippen molar-refractivity contribution in [3.8, 4) is 11.4 Å². The van der Waals surface area contributed by atoms with Gasteiger partial charge in [-0.25, -0.2) is 4.68 Å². The molecule has 140 valence electrons. The Labute approximate surface area is 153 Å². The Kier molecular flexibility index (Phi) is 5.16. The van der Waals surface area contributed by atoms with Gasteiger partial charge in [0.25, 0.3) is 0 Å². The lowest BCUT2D eigenvalue weighted by Gasteiger charge is -2.15. The van der Waals surface area contributed by atoms with Crippen molar-refractivity contribution in [2.45, 2.75) is 12.6 Å². The Balaban J connectivity index is 1.88. The number of alkyl halides is 3. The fourth-order valence-corrected chi connectivity index (χ4v) is 2.59. The van der Waals surface area contributed by atoms with Crippen LogP contribution in [0.1, 0.15) is 11.1 Å². The normalized spacial score (nSPS) is 11.3. The average Bonchev–Trinajstić information content (AvgIpc) is 3.15. The number of benzene rings is 2. The van der Waals surface area contributed by atoms with Crippen molar-refractivity contribution in [2.75, 3.05) is 12.4 Å². The molecular formula is C19H16F3N3O2. The molecule has 1 aromatic heterocycles. The Morgan fingerprint density at radius 3 is 2.67 bits per heavy atom. The second-order valence-electron chi connectivity index (χ2n) is 5.76. The van der Waals surface area contributed by atoms with Crippen LogP contribution >= 0.6 is 0 Å². The number of nitrogens with one attached hydrogen (secondary N) is 1. The number of hydrogen-bond donors (Lipinski definition) is 1. The number of aromatic nitrogens is 2. The van der Waals surface area contributed by atoms with Crippen LogP contribution in [0.15, 0.2) is 60.9 Å². The monoisotopic (exact) mass is 375 g/mol. The van der Waals surface area contributed by atoms with Gasteiger partial charge < -0.3 is 10.1 Å². The summed E-state index contributed by atoms with van der Waals surface area (Å²) >= 11 is 0. The van der Waals surface area contributed by atoms with Crippen LogP contribution in [-0.2, 0) is 17.4 Å². The molecule has 0 spiro atoms. The summed E-state index contributed by atoms with van der Waals surface area (Å²) in [7, 11) is 1.51. The molecule has 0 bridgehead atoms. The topological polar surface area (TPSA) is 56.1 Å². The molecular weight excluding hydrogens is 359 g/mol. The number of nitrogens with zero attached hydrogens (tertiary/aromatic N) is 2. The second-order valence-corrected chi connectivity index (χ2v) is 5.76. The average molecular weight is 375 g/mol. The third-order valence-corrected chi connectivity index (χ3v) is 3.85. The van der Waals surface area contributed by atoms with Crippen LogP contribution in [0.25, 0.3) is 5.69 Å². The highest BCUT2D eigenvalue weighted by atomic mass is 19.4. The number of hydrogen-bond acceptors (Lipinski definition) is 3. The summed E-state index contributed by atoms with van der Waals surface area (Å²) in [5.41, 5.74) is 0.197. The van der Waals surface area contributed by atoms with E-state index in [-0.39, 0.29) is 12.1 Å². The van der Waals surface area contributed by atoms with Crippen LogP contribution in [0, 0.1) is 0 Å². The van der Waals surface area contributed by atoms with E-state index >= 15 is 0 Å². The predicted octanol–water partition coefficient (Wildman–Crippen LogP) is 4.08. The van der Waals surface area contributed by atoms with Gasteiger partial charge in [0.05, 0.1) is 30.5 Å². The number of anilines is 1. The molecule has 0 aliphatic heterocycles. The standard InChI is InChI=1S/C19H16F3N3O2/c1-27-15-5-2-4-13(10-15)11-18(26)24-16-12-14(19(20,21)22)6-7-17(16)25-9-3-8-23-25/h2-10,12H,11H2,1H3,(H,24,26). The van der Waals surface area contributed by atoms with Crippen molar-refractivity contribution < 1.29 is 22.7 Å². The van der Waals surface area contributed by atoms with Crippen LogP contribution in [0.2, 0.25) is 0 Å². The Morgan fingerprint density at radius 1 is 1.19 bits per heavy atom. The smallest absolute Gasteiger partial charge is 0.416 e. The molecule has 2 aromatic carbocycles. The summed E-state index contributed by atoms with van der Waals surface area (Å²) in [6.45, 7) is 0. The van der Waals surface area contributed by atoms with Crippen molar-refractivity contribution in [3.05, 3.63) is 72.1 Å². The molecule has 0 aliphatic carbocycles. The summed E-state index contributed by atoms with van der Waals surface area (Å²) in [5, 5.41) is 6.58. The van der Waals surface area contributed by atoms with Crippen LogP contribution in [0.4, 0.5) is 18.9 Å². The number of methoxy groups -OCH3 is 1. The highest BCUT2D eigenvalue weighted by molar-refractivity contribution is 5.94. The zero-order chi connectivity index (χ0) is 19.4. The minimum Gasteiger partial charge on any atom is -0.497 e. The van der Waals surface area contributed by atoms with Crippen molar-refractivity contribution in [3.63, 3.8) is 0 Å². The molecule has 1 amide bonds. The second kappa shape index (κ2) is 7.53. The van der Waals surface area contributed by atoms with E-state index in [0.29, 0.717) is 17.0 Å². The molecule has 3 aromatic rings. The largest absolute Gasteiger partial charge is 0.497 e. The van der Waals surface area contributed by atoms with Gasteiger partial charge in [-0.2, -0.15) is 18.3 Å². The SMILES string of the molecule is COc1cccc(CC(=O)Nc2cc(C(F)(F)F)ccc2-n2cccn2)c1. The van der Waals surface area contributed by atoms with Gasteiger partial charge in [-0.05, 0) is 42.0 Å². The van der Waals surface area contributed by atoms with E-state index in [1.165, 1.54) is 24.1 Å². The zero-order valence-corrected chi connectivity index (χ0v) is 14.3. The number of rotatable bonds is 5. The van der Waals surface area contributed by atoms with Gasteiger partial charge in [-0.1, -0.05) is 12.1 Å². The molecule has 0 aliphatic rings. The fraction of sp³-hybridized carbons (Fsp3) is 0.158. The van der Waals surface area contributed by atoms with Crippen LogP contribution < -0.4 is 10.1 Å². The van der Waals surface area contributed by atoms with Gasteiger partial charge in [0, 0.05) is 12.4 Å². The quantitative estimate of drug-likeness (QED) is 0.731. The van der Waals surface area contributed by atoms with E-state index in [1.807, 2.05) is 0 Å². The van der Waals surface area contributed by atoms with E-state index < -0.39 is 17.6 Å². The number of halogens is 3. The van der Waals surface area contributed by atoms with E-state index in [2.05, 4.69) is 10.4 Å². The molecule has 3 rings (SSSR count). The third kappa shape index (κ3) is 4.46. The molecule has 0 fully saturated rings. The predicted molar refractivity (Wildman–Crippen MR) is 93.9 cm³/mol. The summed E-state index contributed by atoms with van der Waals surface area (Å²) in [6.07, 6.45) is -1.44. The molecule has 1 heterocycles. The van der Waals surface area contributed by atoms with Gasteiger partial charge >= 0.3 is 6.18 Å². The molecule has 0 saturated heterocycles. The Bertz CT molecular complexity index is 938. The number of carbonyl (C=O) groups excluding carboxylic acids is 1. The molecule has 0 unspecified atom stereocenters. The molecule has 1 N–H and O–H groups in total. The Hall–Kier alpha value is -3.29. The van der Waals surface area contributed by atoms with Gasteiger partial charge in [-0.15, -0.1) is 0 Å². The van der Waals surface area contributed by atoms with E-state index in [4.69, 9.17) is 4.74 Å². The van der Waals surface area contributed by atoms with Crippen molar-refractivity contribution >= 4 is 11.6 Å². The Morgan fingerprint density at radius 2 is 2.00 bits per heavy atom. The summed E-state index contributed by atoms with van der Waals surface area (Å²) in [4.78, 5) is 12.4. The van der Waals surface area contributed by atoms with Crippen LogP contribution in [0.5, 0.6) is 5.75 Å². The van der Waals surface area contributed by atoms with Crippen molar-refractivity contribution in [1.29, 1.82) is 0 Å². The van der Waals surface area contributed by atoms with Gasteiger partial charge in [0.1, 0.15) is 5.75 Å². The minimum absolute atomic E-state index is 0.00794. The van der Waals surface area contributed by atoms with Crippen LogP contribution in [0.3, 0.4) is 0 Å². The molecule has 0 saturated carbocycles. The van der Waals surface area contributed by atoms with Gasteiger partial charge in [0.2, 0.25) is 5.91 Å². The van der Waals surface area contributed by atoms with Crippen molar-refractivity contribution in [2.24, 2.45) is 0 Å². The highest BCUT2D eigenvalue weighted by Gasteiger charge is 2.31. The number of carbonyl (C=O) groups is 1. The molecule has 0 atom stereocenters. The van der Waals surface area contributed by atoms with E-state index in [0.717, 1.165) is 12.1 Å². The minimum atomic E-state index is -4.52. The maximum Gasteiger partial charge on any atom is 0.416 e. The fourth-order valence-electron chi connectivity index (χ4n) is 2.59. The molecule has 5 nitrogen and oxygen atoms in total. The summed E-state index contributed by atoms with van der Waals surface area (Å²) in [5.74, 6) is 0.146. The zero-order valence-electron chi connectivity index (χ0n) is 14.3. The maximum atomic E-state index is 13.1. The first-order chi connectivity index (χ1) is 12.9. The number of amides is 1. The number of ether oxygens (including phenoxy) is 1. The van der Waals surface area contributed by atoms with E-state index in [9.17, 15) is 18.0 Å². The first-order valence-electron chi connectivity index (χ1n) is 8.01. The van der Waals surface area contributed by atoms with Crippen molar-refractivity contribution in [1.82, 2.24) is 9.78 Å². The van der Waals surface area contributed by atoms with Gasteiger partial charge in [-0.3, -0.25) is 4.79 Å². The summed E-state index contributed by atoms with van der Waals surface area (Å²) < 4.78 is 45.7. The molecule has 0 radical (unpaired) electrons. The maximum absolute atomic E-state index is 13.1. The molecule has 8 heteroatoms. The van der Waals surface area contributed by atoms with Crippen LogP contribution in [-0.4, -0.2) is 22.8 Å². The third-order valence-electron chi connectivity index (χ3n) is 3.85. The first kappa shape index (κ1) is 18.5. The lowest BCUT2D eigenvalue weighted by molar-refractivity contribution is -0.137. The molecule has 27 heavy (non-hydrogen) atoms. The van der Waals surface area contributed by atoms with Gasteiger partial charge in [0.15, 0.2) is 0 Å². The lowest BCUT2D eigenvalue weighted by Crippen LogP contribution is -2.17. The highest BCUT2D eigenvalue weighted by Crippen LogP contribution is 2.33. The summed E-state index contributed by atoms with van der Waals surface area (Å²) in [6, 6.07) is 11.7. The lowest BCUT2D eigenvalue weighted by atomic mass is 10.1.